The summed E-state index contributed by atoms with van der Waals surface area (Å²) in [5.41, 5.74) is 6.12. The molecule has 3 aliphatic rings. The third-order valence-electron chi connectivity index (χ3n) is 7.98. The first-order chi connectivity index (χ1) is 17.5. The molecule has 2 saturated carbocycles. The van der Waals surface area contributed by atoms with Crippen LogP contribution in [-0.4, -0.2) is 43.2 Å². The molecule has 182 valence electrons. The van der Waals surface area contributed by atoms with E-state index in [1.165, 1.54) is 17.2 Å². The van der Waals surface area contributed by atoms with Gasteiger partial charge in [0, 0.05) is 35.7 Å². The van der Waals surface area contributed by atoms with Crippen molar-refractivity contribution in [3.63, 3.8) is 0 Å². The molecule has 0 radical (unpaired) electrons. The van der Waals surface area contributed by atoms with E-state index in [1.807, 2.05) is 29.2 Å². The monoisotopic (exact) mass is 482 g/mol. The molecule has 3 atom stereocenters. The molecule has 3 heterocycles. The van der Waals surface area contributed by atoms with Gasteiger partial charge in [-0.05, 0) is 67.5 Å². The van der Waals surface area contributed by atoms with Gasteiger partial charge in [0.25, 0.3) is 5.91 Å². The first-order valence-electron chi connectivity index (χ1n) is 12.8. The molecule has 0 saturated heterocycles. The molecule has 7 heteroatoms. The van der Waals surface area contributed by atoms with Gasteiger partial charge in [-0.2, -0.15) is 5.10 Å². The van der Waals surface area contributed by atoms with E-state index < -0.39 is 0 Å². The molecule has 1 N–H and O–H groups in total. The number of aliphatic hydroxyl groups excluding tert-OH is 1. The van der Waals surface area contributed by atoms with Gasteiger partial charge in [0.1, 0.15) is 11.5 Å². The second-order valence-electron chi connectivity index (χ2n) is 10.4. The molecule has 6 nitrogen and oxygen atoms in total. The van der Waals surface area contributed by atoms with Gasteiger partial charge in [0.15, 0.2) is 5.65 Å². The number of carbonyl (C=O) groups excluding carboxylic acids is 1. The first-order valence-corrected chi connectivity index (χ1v) is 12.8. The highest BCUT2D eigenvalue weighted by Gasteiger charge is 2.37. The highest BCUT2D eigenvalue weighted by atomic mass is 19.1. The Balaban J connectivity index is 1.26. The second-order valence-corrected chi connectivity index (χ2v) is 10.4. The quantitative estimate of drug-likeness (QED) is 0.443. The Kier molecular flexibility index (Phi) is 4.80. The summed E-state index contributed by atoms with van der Waals surface area (Å²) in [6.45, 7) is 2.72. The molecular weight excluding hydrogens is 455 g/mol. The number of aliphatic hydroxyl groups is 1. The van der Waals surface area contributed by atoms with E-state index in [2.05, 4.69) is 19.1 Å². The normalized spacial score (nSPS) is 23.1. The van der Waals surface area contributed by atoms with Gasteiger partial charge in [-0.1, -0.05) is 30.3 Å². The number of carbonyl (C=O) groups is 1. The number of benzene rings is 2. The Morgan fingerprint density at radius 2 is 1.92 bits per heavy atom. The van der Waals surface area contributed by atoms with Gasteiger partial charge in [-0.3, -0.25) is 4.79 Å². The van der Waals surface area contributed by atoms with Gasteiger partial charge in [-0.25, -0.2) is 13.9 Å². The van der Waals surface area contributed by atoms with Crippen molar-refractivity contribution < 1.29 is 14.3 Å². The summed E-state index contributed by atoms with van der Waals surface area (Å²) < 4.78 is 16.8. The zero-order chi connectivity index (χ0) is 24.6. The van der Waals surface area contributed by atoms with Crippen LogP contribution in [-0.2, 0) is 6.42 Å². The van der Waals surface area contributed by atoms with Crippen molar-refractivity contribution in [3.05, 3.63) is 88.5 Å². The smallest absolute Gasteiger partial charge is 0.273 e. The molecule has 36 heavy (non-hydrogen) atoms. The maximum atomic E-state index is 15.1. The molecule has 7 rings (SSSR count). The lowest BCUT2D eigenvalue weighted by molar-refractivity contribution is 0.0671. The van der Waals surface area contributed by atoms with Gasteiger partial charge in [0.2, 0.25) is 0 Å². The van der Waals surface area contributed by atoms with Gasteiger partial charge < -0.3 is 10.0 Å². The van der Waals surface area contributed by atoms with Crippen LogP contribution in [0, 0.1) is 5.82 Å². The predicted molar refractivity (Wildman–Crippen MR) is 133 cm³/mol. The molecule has 2 fully saturated rings. The number of hydrogen-bond donors (Lipinski definition) is 1. The van der Waals surface area contributed by atoms with Crippen LogP contribution in [0.15, 0.2) is 54.6 Å². The van der Waals surface area contributed by atoms with Crippen LogP contribution < -0.4 is 0 Å². The average Bonchev–Trinajstić information content (AvgIpc) is 3.81. The Hall–Kier alpha value is -3.58. The predicted octanol–water partition coefficient (Wildman–Crippen LogP) is 5.02. The fraction of sp³-hybridized carbons (Fsp3) is 0.345. The Morgan fingerprint density at radius 3 is 2.67 bits per heavy atom. The molecule has 2 aromatic carbocycles. The van der Waals surface area contributed by atoms with Crippen molar-refractivity contribution in [2.24, 2.45) is 0 Å². The van der Waals surface area contributed by atoms with Crippen molar-refractivity contribution in [2.45, 2.75) is 56.6 Å². The van der Waals surface area contributed by atoms with Gasteiger partial charge >= 0.3 is 0 Å². The largest absolute Gasteiger partial charge is 0.392 e. The summed E-state index contributed by atoms with van der Waals surface area (Å²) in [5, 5.41) is 14.4. The minimum atomic E-state index is -0.372. The maximum absolute atomic E-state index is 15.1. The summed E-state index contributed by atoms with van der Waals surface area (Å²) in [5.74, 6) is -0.0869. The van der Waals surface area contributed by atoms with Crippen molar-refractivity contribution in [2.75, 3.05) is 6.54 Å². The number of aromatic nitrogens is 3. The lowest BCUT2D eigenvalue weighted by Gasteiger charge is -2.35. The number of nitrogens with zero attached hydrogens (tertiary/aromatic N) is 4. The van der Waals surface area contributed by atoms with Crippen LogP contribution in [0.25, 0.3) is 16.9 Å². The Bertz CT molecular complexity index is 1530. The van der Waals surface area contributed by atoms with E-state index in [-0.39, 0.29) is 29.8 Å². The summed E-state index contributed by atoms with van der Waals surface area (Å²) in [6, 6.07) is 17.0. The minimum absolute atomic E-state index is 0.0236. The molecule has 2 aliphatic carbocycles. The average molecular weight is 483 g/mol. The van der Waals surface area contributed by atoms with Crippen LogP contribution in [0.2, 0.25) is 0 Å². The molecule has 2 aromatic heterocycles. The number of amides is 1. The topological polar surface area (TPSA) is 70.7 Å². The van der Waals surface area contributed by atoms with Gasteiger partial charge in [0.05, 0.1) is 17.8 Å². The number of hydrogen-bond acceptors (Lipinski definition) is 4. The standard InChI is InChI=1S/C29H27FN4O2/c1-16-20-5-3-2-4-17(20)10-11-33(16)29(36)25-14-26(18-6-7-18)34-28(31-25)15-24(32-34)21-9-8-19(12-23(21)30)22-13-27(22)35/h2-5,8-9,12,14-16,18,22,27,35H,6-7,10-11,13H2,1H3/t16-,22-,27+/m1/s1. The maximum Gasteiger partial charge on any atom is 0.273 e. The lowest BCUT2D eigenvalue weighted by atomic mass is 9.93. The van der Waals surface area contributed by atoms with E-state index in [4.69, 9.17) is 10.1 Å². The number of fused-ring (bicyclic) bond motifs is 2. The van der Waals surface area contributed by atoms with Crippen molar-refractivity contribution in [1.29, 1.82) is 0 Å². The van der Waals surface area contributed by atoms with E-state index in [9.17, 15) is 9.90 Å². The summed E-state index contributed by atoms with van der Waals surface area (Å²) in [4.78, 5) is 20.3. The zero-order valence-corrected chi connectivity index (χ0v) is 20.1. The minimum Gasteiger partial charge on any atom is -0.392 e. The van der Waals surface area contributed by atoms with Crippen LogP contribution in [0.1, 0.15) is 76.9 Å². The Labute approximate surface area is 208 Å². The van der Waals surface area contributed by atoms with Crippen LogP contribution in [0.4, 0.5) is 4.39 Å². The third kappa shape index (κ3) is 3.53. The van der Waals surface area contributed by atoms with Crippen molar-refractivity contribution >= 4 is 11.6 Å². The van der Waals surface area contributed by atoms with E-state index in [1.54, 1.807) is 16.6 Å². The van der Waals surface area contributed by atoms with E-state index in [0.717, 1.165) is 30.5 Å². The fourth-order valence-corrected chi connectivity index (χ4v) is 5.61. The molecule has 4 aromatic rings. The molecule has 1 amide bonds. The number of rotatable bonds is 4. The van der Waals surface area contributed by atoms with Crippen molar-refractivity contribution in [1.82, 2.24) is 19.5 Å². The highest BCUT2D eigenvalue weighted by Crippen LogP contribution is 2.43. The van der Waals surface area contributed by atoms with Crippen molar-refractivity contribution in [3.8, 4) is 11.3 Å². The molecular formula is C29H27FN4O2. The first kappa shape index (κ1) is 21.7. The Morgan fingerprint density at radius 1 is 1.11 bits per heavy atom. The zero-order valence-electron chi connectivity index (χ0n) is 20.1. The summed E-state index contributed by atoms with van der Waals surface area (Å²) in [6.07, 6.45) is 3.22. The van der Waals surface area contributed by atoms with Gasteiger partial charge in [-0.15, -0.1) is 0 Å². The molecule has 1 aliphatic heterocycles. The SMILES string of the molecule is C[C@@H]1c2ccccc2CCN1C(=O)c1cc(C2CC2)n2nc(-c3ccc([C@H]4C[C@@H]4O)cc3F)cc2n1. The van der Waals surface area contributed by atoms with Crippen LogP contribution in [0.3, 0.4) is 0 Å². The molecule has 0 spiro atoms. The molecule has 0 unspecified atom stereocenters. The summed E-state index contributed by atoms with van der Waals surface area (Å²) >= 11 is 0. The van der Waals surface area contributed by atoms with E-state index >= 15 is 4.39 Å². The second kappa shape index (κ2) is 7.96. The third-order valence-corrected chi connectivity index (χ3v) is 7.98. The highest BCUT2D eigenvalue weighted by molar-refractivity contribution is 5.93. The summed E-state index contributed by atoms with van der Waals surface area (Å²) in [7, 11) is 0. The fourth-order valence-electron chi connectivity index (χ4n) is 5.61. The van der Waals surface area contributed by atoms with Crippen LogP contribution >= 0.6 is 0 Å². The van der Waals surface area contributed by atoms with E-state index in [0.29, 0.717) is 41.5 Å². The lowest BCUT2D eigenvalue weighted by Crippen LogP contribution is -2.39. The number of halogens is 1. The van der Waals surface area contributed by atoms with Crippen LogP contribution in [0.5, 0.6) is 0 Å². The molecule has 0 bridgehead atoms.